The SMILES string of the molecule is CC1(C)CC[C@]2(C(=O)O)CC[C@]3(C)C(=CC[C@@H]4C5C[C@@H](O)[C@H](O)[C@@](C)(CO)[C@@H]5CCC43)C2C1. The third kappa shape index (κ3) is 3.17. The third-order valence-electron chi connectivity index (χ3n) is 11.8. The first-order valence-electron chi connectivity index (χ1n) is 13.3. The van der Waals surface area contributed by atoms with Gasteiger partial charge >= 0.3 is 5.97 Å². The van der Waals surface area contributed by atoms with Crippen LogP contribution in [0.15, 0.2) is 11.6 Å². The van der Waals surface area contributed by atoms with Crippen LogP contribution in [-0.2, 0) is 4.79 Å². The second kappa shape index (κ2) is 7.54. The minimum atomic E-state index is -0.874. The molecule has 10 atom stereocenters. The van der Waals surface area contributed by atoms with Crippen LogP contribution in [0.4, 0.5) is 0 Å². The van der Waals surface area contributed by atoms with Crippen molar-refractivity contribution in [3.05, 3.63) is 11.6 Å². The lowest BCUT2D eigenvalue weighted by atomic mass is 9.40. The van der Waals surface area contributed by atoms with Gasteiger partial charge in [-0.15, -0.1) is 0 Å². The Morgan fingerprint density at radius 2 is 1.67 bits per heavy atom. The monoisotopic (exact) mass is 460 g/mol. The van der Waals surface area contributed by atoms with E-state index in [2.05, 4.69) is 26.8 Å². The highest BCUT2D eigenvalue weighted by molar-refractivity contribution is 5.76. The number of aliphatic hydroxyl groups excluding tert-OH is 3. The van der Waals surface area contributed by atoms with Gasteiger partial charge in [-0.1, -0.05) is 39.3 Å². The van der Waals surface area contributed by atoms with Crippen molar-refractivity contribution in [1.29, 1.82) is 0 Å². The summed E-state index contributed by atoms with van der Waals surface area (Å²) in [6, 6.07) is 0. The lowest BCUT2D eigenvalue weighted by molar-refractivity contribution is -0.190. The molecular weight excluding hydrogens is 416 g/mol. The zero-order chi connectivity index (χ0) is 24.0. The molecule has 5 aliphatic carbocycles. The van der Waals surface area contributed by atoms with E-state index in [1.54, 1.807) is 0 Å². The molecule has 33 heavy (non-hydrogen) atoms. The molecular formula is C28H44O5. The minimum Gasteiger partial charge on any atom is -0.481 e. The number of hydrogen-bond acceptors (Lipinski definition) is 4. The molecule has 0 amide bonds. The van der Waals surface area contributed by atoms with Gasteiger partial charge in [-0.2, -0.15) is 0 Å². The molecule has 5 heteroatoms. The van der Waals surface area contributed by atoms with Gasteiger partial charge in [0.25, 0.3) is 0 Å². The first-order valence-corrected chi connectivity index (χ1v) is 13.3. The molecule has 0 saturated heterocycles. The number of rotatable bonds is 2. The Labute approximate surface area is 198 Å². The van der Waals surface area contributed by atoms with Crippen molar-refractivity contribution < 1.29 is 25.2 Å². The van der Waals surface area contributed by atoms with Crippen LogP contribution in [0, 0.1) is 51.2 Å². The van der Waals surface area contributed by atoms with E-state index < -0.39 is 29.0 Å². The molecule has 0 aromatic carbocycles. The van der Waals surface area contributed by atoms with Crippen LogP contribution >= 0.6 is 0 Å². The van der Waals surface area contributed by atoms with Crippen LogP contribution in [0.5, 0.6) is 0 Å². The molecule has 0 bridgehead atoms. The number of fused-ring (bicyclic) bond motifs is 7. The van der Waals surface area contributed by atoms with Crippen molar-refractivity contribution >= 4 is 5.97 Å². The fourth-order valence-electron chi connectivity index (χ4n) is 9.67. The van der Waals surface area contributed by atoms with Crippen LogP contribution in [0.2, 0.25) is 0 Å². The molecule has 186 valence electrons. The number of hydrogen-bond donors (Lipinski definition) is 4. The number of carbonyl (C=O) groups is 1. The van der Waals surface area contributed by atoms with Crippen molar-refractivity contribution in [3.8, 4) is 0 Å². The fourth-order valence-corrected chi connectivity index (χ4v) is 9.67. The van der Waals surface area contributed by atoms with Crippen LogP contribution in [0.3, 0.4) is 0 Å². The number of carboxylic acids is 1. The average molecular weight is 461 g/mol. The maximum absolute atomic E-state index is 12.6. The molecule has 0 heterocycles. The molecule has 5 nitrogen and oxygen atoms in total. The maximum Gasteiger partial charge on any atom is 0.310 e. The highest BCUT2D eigenvalue weighted by Gasteiger charge is 2.64. The first-order chi connectivity index (χ1) is 15.4. The van der Waals surface area contributed by atoms with E-state index in [0.717, 1.165) is 51.4 Å². The Morgan fingerprint density at radius 3 is 2.33 bits per heavy atom. The Balaban J connectivity index is 1.52. The summed E-state index contributed by atoms with van der Waals surface area (Å²) in [6.07, 6.45) is 8.76. The van der Waals surface area contributed by atoms with Crippen LogP contribution < -0.4 is 0 Å². The van der Waals surface area contributed by atoms with Crippen molar-refractivity contribution in [2.45, 2.75) is 97.7 Å². The molecule has 4 N–H and O–H groups in total. The lowest BCUT2D eigenvalue weighted by Gasteiger charge is -2.64. The summed E-state index contributed by atoms with van der Waals surface area (Å²) in [4.78, 5) is 12.6. The summed E-state index contributed by atoms with van der Waals surface area (Å²) in [5, 5.41) is 42.1. The second-order valence-electron chi connectivity index (χ2n) is 13.7. The highest BCUT2D eigenvalue weighted by atomic mass is 16.4. The molecule has 3 unspecified atom stereocenters. The molecule has 5 aliphatic rings. The van der Waals surface area contributed by atoms with Gasteiger partial charge in [-0.05, 0) is 98.2 Å². The molecule has 4 saturated carbocycles. The molecule has 0 spiro atoms. The predicted octanol–water partition coefficient (Wildman–Crippen LogP) is 4.40. The molecule has 4 fully saturated rings. The summed E-state index contributed by atoms with van der Waals surface area (Å²) in [6.45, 7) is 8.86. The highest BCUT2D eigenvalue weighted by Crippen LogP contribution is 2.69. The van der Waals surface area contributed by atoms with Crippen LogP contribution in [-0.4, -0.2) is 45.2 Å². The number of carboxylic acid groups (broad SMARTS) is 1. The van der Waals surface area contributed by atoms with Gasteiger partial charge in [0, 0.05) is 5.41 Å². The summed E-state index contributed by atoms with van der Waals surface area (Å²) in [7, 11) is 0. The summed E-state index contributed by atoms with van der Waals surface area (Å²) < 4.78 is 0. The van der Waals surface area contributed by atoms with Crippen molar-refractivity contribution in [2.24, 2.45) is 51.2 Å². The smallest absolute Gasteiger partial charge is 0.310 e. The van der Waals surface area contributed by atoms with E-state index in [-0.39, 0.29) is 29.3 Å². The van der Waals surface area contributed by atoms with E-state index in [1.165, 1.54) is 5.57 Å². The van der Waals surface area contributed by atoms with Crippen molar-refractivity contribution in [2.75, 3.05) is 6.61 Å². The number of allylic oxidation sites excluding steroid dienone is 2. The second-order valence-corrected chi connectivity index (χ2v) is 13.7. The van der Waals surface area contributed by atoms with Gasteiger partial charge < -0.3 is 20.4 Å². The Morgan fingerprint density at radius 1 is 1.00 bits per heavy atom. The van der Waals surface area contributed by atoms with E-state index >= 15 is 0 Å². The molecule has 0 aromatic heterocycles. The van der Waals surface area contributed by atoms with E-state index in [0.29, 0.717) is 24.2 Å². The number of aliphatic carboxylic acids is 1. The third-order valence-corrected chi connectivity index (χ3v) is 11.8. The van der Waals surface area contributed by atoms with Crippen molar-refractivity contribution in [1.82, 2.24) is 0 Å². The Bertz CT molecular complexity index is 849. The Kier molecular flexibility index (Phi) is 5.44. The largest absolute Gasteiger partial charge is 0.481 e. The normalized spacial score (nSPS) is 53.1. The van der Waals surface area contributed by atoms with Crippen LogP contribution in [0.1, 0.15) is 85.5 Å². The molecule has 0 radical (unpaired) electrons. The van der Waals surface area contributed by atoms with Gasteiger partial charge in [-0.3, -0.25) is 4.79 Å². The lowest BCUT2D eigenvalue weighted by Crippen LogP contribution is -2.61. The van der Waals surface area contributed by atoms with Gasteiger partial charge in [-0.25, -0.2) is 0 Å². The van der Waals surface area contributed by atoms with Gasteiger partial charge in [0.2, 0.25) is 0 Å². The van der Waals surface area contributed by atoms with Gasteiger partial charge in [0.15, 0.2) is 0 Å². The van der Waals surface area contributed by atoms with E-state index in [9.17, 15) is 25.2 Å². The summed E-state index contributed by atoms with van der Waals surface area (Å²) in [5.74, 6) is 0.955. The molecule has 0 aromatic rings. The summed E-state index contributed by atoms with van der Waals surface area (Å²) in [5.41, 5.74) is 0.345. The fraction of sp³-hybridized carbons (Fsp3) is 0.893. The number of aliphatic hydroxyl groups is 3. The quantitative estimate of drug-likeness (QED) is 0.458. The zero-order valence-corrected chi connectivity index (χ0v) is 20.9. The van der Waals surface area contributed by atoms with E-state index in [1.807, 2.05) is 6.92 Å². The van der Waals surface area contributed by atoms with Gasteiger partial charge in [0.05, 0.1) is 24.2 Å². The van der Waals surface area contributed by atoms with Crippen molar-refractivity contribution in [3.63, 3.8) is 0 Å². The predicted molar refractivity (Wildman–Crippen MR) is 126 cm³/mol. The molecule has 5 rings (SSSR count). The Hall–Kier alpha value is -0.910. The van der Waals surface area contributed by atoms with Crippen LogP contribution in [0.25, 0.3) is 0 Å². The van der Waals surface area contributed by atoms with Gasteiger partial charge in [0.1, 0.15) is 0 Å². The zero-order valence-electron chi connectivity index (χ0n) is 20.9. The minimum absolute atomic E-state index is 0.0154. The first kappa shape index (κ1) is 23.8. The standard InChI is InChI=1S/C28H44O5/c1-25(2)9-11-28(24(32)33)12-10-26(3)18-7-8-19-17(13-22(30)23(31)27(19,4)15-29)16(18)5-6-20(26)21(28)14-25/h6,16-19,21-23,29-31H,5,7-15H2,1-4H3,(H,32,33)/t16-,17?,18?,19-,21?,22-,23+,26+,27+,28+/m1/s1. The van der Waals surface area contributed by atoms with E-state index in [4.69, 9.17) is 0 Å². The summed E-state index contributed by atoms with van der Waals surface area (Å²) >= 11 is 0. The molecule has 0 aliphatic heterocycles. The topological polar surface area (TPSA) is 98.0 Å². The average Bonchev–Trinajstić information content (AvgIpc) is 2.76. The maximum atomic E-state index is 12.6.